The highest BCUT2D eigenvalue weighted by atomic mass is 32.1. The number of carbonyl (C=O) groups is 1. The minimum absolute atomic E-state index is 0.242. The van der Waals surface area contributed by atoms with Gasteiger partial charge in [-0.1, -0.05) is 18.2 Å². The van der Waals surface area contributed by atoms with Crippen LogP contribution >= 0.6 is 11.3 Å². The van der Waals surface area contributed by atoms with Gasteiger partial charge in [0.1, 0.15) is 24.5 Å². The molecule has 0 aliphatic carbocycles. The molecule has 0 spiro atoms. The van der Waals surface area contributed by atoms with Crippen LogP contribution in [0.3, 0.4) is 0 Å². The summed E-state index contributed by atoms with van der Waals surface area (Å²) in [5.41, 5.74) is 0.447. The SMILES string of the molecule is O=C(Cn1c(=O)n(-c2ccccc2)c(=O)c2sccc21)Nc1ccc2c(c1)OCCO2. The Kier molecular flexibility index (Phi) is 4.79. The van der Waals surface area contributed by atoms with Gasteiger partial charge in [0.05, 0.1) is 11.2 Å². The first-order chi connectivity index (χ1) is 15.1. The lowest BCUT2D eigenvalue weighted by molar-refractivity contribution is -0.116. The third kappa shape index (κ3) is 3.49. The summed E-state index contributed by atoms with van der Waals surface area (Å²) in [6, 6.07) is 15.5. The van der Waals surface area contributed by atoms with Crippen molar-refractivity contribution in [2.75, 3.05) is 18.5 Å². The number of carbonyl (C=O) groups excluding carboxylic acids is 1. The third-order valence-corrected chi connectivity index (χ3v) is 5.79. The van der Waals surface area contributed by atoms with Crippen molar-refractivity contribution in [3.63, 3.8) is 0 Å². The van der Waals surface area contributed by atoms with Crippen molar-refractivity contribution in [2.24, 2.45) is 0 Å². The van der Waals surface area contributed by atoms with E-state index >= 15 is 0 Å². The monoisotopic (exact) mass is 435 g/mol. The molecule has 3 heterocycles. The van der Waals surface area contributed by atoms with Crippen molar-refractivity contribution in [3.8, 4) is 17.2 Å². The number of fused-ring (bicyclic) bond motifs is 2. The minimum atomic E-state index is -0.570. The molecule has 0 unspecified atom stereocenters. The largest absolute Gasteiger partial charge is 0.486 e. The number of thiophene rings is 1. The number of hydrogen-bond donors (Lipinski definition) is 1. The first-order valence-corrected chi connectivity index (χ1v) is 10.5. The second-order valence-corrected chi connectivity index (χ2v) is 7.80. The zero-order valence-electron chi connectivity index (χ0n) is 16.2. The summed E-state index contributed by atoms with van der Waals surface area (Å²) < 4.78 is 13.8. The topological polar surface area (TPSA) is 91.6 Å². The van der Waals surface area contributed by atoms with Gasteiger partial charge in [-0.2, -0.15) is 0 Å². The van der Waals surface area contributed by atoms with Crippen LogP contribution in [0.4, 0.5) is 5.69 Å². The van der Waals surface area contributed by atoms with E-state index in [1.54, 1.807) is 60.0 Å². The standard InChI is InChI=1S/C22H17N3O5S/c26-19(23-14-6-7-17-18(12-14)30-10-9-29-17)13-24-16-8-11-31-20(16)21(27)25(22(24)28)15-4-2-1-3-5-15/h1-8,11-12H,9-10,13H2,(H,23,26). The number of para-hydroxylation sites is 1. The van der Waals surface area contributed by atoms with Crippen LogP contribution in [0.5, 0.6) is 11.5 Å². The van der Waals surface area contributed by atoms with Crippen LogP contribution in [0.25, 0.3) is 15.9 Å². The Balaban J connectivity index is 1.50. The molecule has 1 aliphatic heterocycles. The van der Waals surface area contributed by atoms with Crippen LogP contribution in [0, 0.1) is 0 Å². The molecule has 0 saturated carbocycles. The summed E-state index contributed by atoms with van der Waals surface area (Å²) >= 11 is 1.24. The molecule has 0 bridgehead atoms. The fourth-order valence-corrected chi connectivity index (χ4v) is 4.33. The van der Waals surface area contributed by atoms with Gasteiger partial charge >= 0.3 is 5.69 Å². The van der Waals surface area contributed by atoms with Crippen molar-refractivity contribution in [2.45, 2.75) is 6.54 Å². The molecule has 1 aliphatic rings. The molecule has 0 atom stereocenters. The van der Waals surface area contributed by atoms with Gasteiger partial charge in [-0.25, -0.2) is 9.36 Å². The molecule has 31 heavy (non-hydrogen) atoms. The zero-order chi connectivity index (χ0) is 21.4. The van der Waals surface area contributed by atoms with Crippen LogP contribution in [-0.2, 0) is 11.3 Å². The number of nitrogens with zero attached hydrogens (tertiary/aromatic N) is 2. The summed E-state index contributed by atoms with van der Waals surface area (Å²) in [6.45, 7) is 0.681. The Morgan fingerprint density at radius 2 is 1.77 bits per heavy atom. The highest BCUT2D eigenvalue weighted by molar-refractivity contribution is 7.17. The predicted molar refractivity (Wildman–Crippen MR) is 118 cm³/mol. The van der Waals surface area contributed by atoms with Crippen LogP contribution in [0.1, 0.15) is 0 Å². The molecule has 0 radical (unpaired) electrons. The van der Waals surface area contributed by atoms with Gasteiger partial charge < -0.3 is 14.8 Å². The quantitative estimate of drug-likeness (QED) is 0.532. The molecule has 2 aromatic carbocycles. The lowest BCUT2D eigenvalue weighted by Gasteiger charge is -2.19. The van der Waals surface area contributed by atoms with E-state index in [9.17, 15) is 14.4 Å². The number of rotatable bonds is 4. The molecule has 0 saturated heterocycles. The molecule has 5 rings (SSSR count). The maximum atomic E-state index is 13.2. The molecule has 1 amide bonds. The number of hydrogen-bond acceptors (Lipinski definition) is 6. The molecule has 0 fully saturated rings. The number of amides is 1. The van der Waals surface area contributed by atoms with Crippen LogP contribution in [0.2, 0.25) is 0 Å². The van der Waals surface area contributed by atoms with Crippen molar-refractivity contribution in [1.29, 1.82) is 0 Å². The molecule has 4 aromatic rings. The molecule has 1 N–H and O–H groups in total. The molecule has 156 valence electrons. The Morgan fingerprint density at radius 1 is 1.00 bits per heavy atom. The molecule has 9 heteroatoms. The van der Waals surface area contributed by atoms with Gasteiger partial charge in [-0.15, -0.1) is 11.3 Å². The highest BCUT2D eigenvalue weighted by Gasteiger charge is 2.18. The van der Waals surface area contributed by atoms with E-state index in [1.807, 2.05) is 0 Å². The van der Waals surface area contributed by atoms with Crippen molar-refractivity contribution in [3.05, 3.63) is 80.8 Å². The van der Waals surface area contributed by atoms with Crippen LogP contribution in [0.15, 0.2) is 69.6 Å². The summed E-state index contributed by atoms with van der Waals surface area (Å²) in [4.78, 5) is 38.9. The second-order valence-electron chi connectivity index (χ2n) is 6.89. The van der Waals surface area contributed by atoms with Gasteiger partial charge in [0.15, 0.2) is 11.5 Å². The van der Waals surface area contributed by atoms with Gasteiger partial charge in [0, 0.05) is 11.8 Å². The second kappa shape index (κ2) is 7.77. The third-order valence-electron chi connectivity index (χ3n) is 4.90. The van der Waals surface area contributed by atoms with E-state index in [-0.39, 0.29) is 6.54 Å². The molecular formula is C22H17N3O5S. The summed E-state index contributed by atoms with van der Waals surface area (Å²) in [5.74, 6) is 0.777. The predicted octanol–water partition coefficient (Wildman–Crippen LogP) is 2.62. The van der Waals surface area contributed by atoms with E-state index in [0.717, 1.165) is 4.57 Å². The lowest BCUT2D eigenvalue weighted by atomic mass is 10.2. The Morgan fingerprint density at radius 3 is 2.58 bits per heavy atom. The smallest absolute Gasteiger partial charge is 0.336 e. The van der Waals surface area contributed by atoms with Crippen molar-refractivity contribution >= 4 is 33.1 Å². The average molecular weight is 435 g/mol. The number of aromatic nitrogens is 2. The van der Waals surface area contributed by atoms with E-state index in [4.69, 9.17) is 9.47 Å². The van der Waals surface area contributed by atoms with E-state index in [1.165, 1.54) is 15.9 Å². The number of nitrogens with one attached hydrogen (secondary N) is 1. The zero-order valence-corrected chi connectivity index (χ0v) is 17.1. The van der Waals surface area contributed by atoms with Gasteiger partial charge in [0.2, 0.25) is 5.91 Å². The molecule has 8 nitrogen and oxygen atoms in total. The Bertz CT molecular complexity index is 1400. The van der Waals surface area contributed by atoms with Crippen LogP contribution in [-0.4, -0.2) is 28.3 Å². The van der Waals surface area contributed by atoms with Gasteiger partial charge in [0.25, 0.3) is 5.56 Å². The average Bonchev–Trinajstić information content (AvgIpc) is 3.28. The maximum Gasteiger partial charge on any atom is 0.336 e. The first-order valence-electron chi connectivity index (χ1n) is 9.60. The van der Waals surface area contributed by atoms with Crippen LogP contribution < -0.4 is 26.0 Å². The van der Waals surface area contributed by atoms with Crippen molar-refractivity contribution < 1.29 is 14.3 Å². The normalized spacial score (nSPS) is 12.6. The van der Waals surface area contributed by atoms with Gasteiger partial charge in [-0.05, 0) is 35.7 Å². The summed E-state index contributed by atoms with van der Waals surface area (Å²) in [7, 11) is 0. The fourth-order valence-electron chi connectivity index (χ4n) is 3.51. The highest BCUT2D eigenvalue weighted by Crippen LogP contribution is 2.32. The van der Waals surface area contributed by atoms with E-state index < -0.39 is 17.2 Å². The van der Waals surface area contributed by atoms with E-state index in [2.05, 4.69) is 5.32 Å². The van der Waals surface area contributed by atoms with E-state index in [0.29, 0.717) is 46.3 Å². The lowest BCUT2D eigenvalue weighted by Crippen LogP contribution is -2.40. The number of ether oxygens (including phenoxy) is 2. The number of benzene rings is 2. The minimum Gasteiger partial charge on any atom is -0.486 e. The van der Waals surface area contributed by atoms with Crippen molar-refractivity contribution in [1.82, 2.24) is 9.13 Å². The summed E-state index contributed by atoms with van der Waals surface area (Å²) in [6.07, 6.45) is 0. The Labute approximate surface area is 179 Å². The summed E-state index contributed by atoms with van der Waals surface area (Å²) in [5, 5.41) is 4.51. The van der Waals surface area contributed by atoms with Gasteiger partial charge in [-0.3, -0.25) is 14.2 Å². The first kappa shape index (κ1) is 19.1. The maximum absolute atomic E-state index is 13.2. The fraction of sp³-hybridized carbons (Fsp3) is 0.136. The number of anilines is 1. The Hall–Kier alpha value is -3.85. The molecule has 2 aromatic heterocycles. The molecular weight excluding hydrogens is 418 g/mol.